The quantitative estimate of drug-likeness (QED) is 0.685. The number of piperazine rings is 1. The van der Waals surface area contributed by atoms with Crippen LogP contribution in [0.2, 0.25) is 0 Å². The maximum atomic E-state index is 13.1. The number of amides is 1. The molecule has 2 aromatic heterocycles. The van der Waals surface area contributed by atoms with Crippen LogP contribution in [-0.2, 0) is 4.79 Å². The van der Waals surface area contributed by atoms with Gasteiger partial charge in [0.15, 0.2) is 0 Å². The third-order valence-electron chi connectivity index (χ3n) is 6.20. The molecule has 3 heterocycles. The van der Waals surface area contributed by atoms with E-state index in [1.165, 1.54) is 27.3 Å². The van der Waals surface area contributed by atoms with Crippen LogP contribution >= 0.6 is 11.3 Å². The molecular formula is C23H29N5OS. The molecule has 30 heavy (non-hydrogen) atoms. The molecule has 1 aliphatic heterocycles. The van der Waals surface area contributed by atoms with Gasteiger partial charge in [-0.3, -0.25) is 4.79 Å². The molecule has 1 amide bonds. The maximum Gasteiger partial charge on any atom is 0.244 e. The topological polar surface area (TPSA) is 61.4 Å². The molecule has 1 atom stereocenters. The summed E-state index contributed by atoms with van der Waals surface area (Å²) in [6.45, 7) is 13.6. The van der Waals surface area contributed by atoms with E-state index in [0.717, 1.165) is 42.2 Å². The van der Waals surface area contributed by atoms with Gasteiger partial charge in [0.25, 0.3) is 0 Å². The van der Waals surface area contributed by atoms with Crippen LogP contribution in [0, 0.1) is 27.7 Å². The number of nitrogens with zero attached hydrogens (tertiary/aromatic N) is 4. The number of fused-ring (bicyclic) bond motifs is 1. The number of aryl methyl sites for hydroxylation is 3. The first-order valence-electron chi connectivity index (χ1n) is 10.4. The summed E-state index contributed by atoms with van der Waals surface area (Å²) < 4.78 is 0. The van der Waals surface area contributed by atoms with Gasteiger partial charge in [0.2, 0.25) is 5.91 Å². The van der Waals surface area contributed by atoms with Crippen LogP contribution in [0.25, 0.3) is 10.2 Å². The molecule has 1 unspecified atom stereocenters. The Balaban J connectivity index is 1.43. The molecule has 4 rings (SSSR count). The molecule has 6 nitrogen and oxygen atoms in total. The second kappa shape index (κ2) is 8.22. The van der Waals surface area contributed by atoms with Crippen molar-refractivity contribution in [2.45, 2.75) is 40.7 Å². The normalized spacial score (nSPS) is 15.5. The van der Waals surface area contributed by atoms with E-state index in [1.807, 2.05) is 11.8 Å². The van der Waals surface area contributed by atoms with Gasteiger partial charge in [0, 0.05) is 36.7 Å². The molecule has 1 N–H and O–H groups in total. The average Bonchev–Trinajstić information content (AvgIpc) is 3.04. The van der Waals surface area contributed by atoms with Crippen LogP contribution in [0.1, 0.15) is 28.5 Å². The molecule has 1 fully saturated rings. The number of aromatic nitrogens is 2. The lowest BCUT2D eigenvalue weighted by Crippen LogP contribution is -2.52. The van der Waals surface area contributed by atoms with Crippen LogP contribution in [0.3, 0.4) is 0 Å². The Morgan fingerprint density at radius 3 is 2.53 bits per heavy atom. The second-order valence-electron chi connectivity index (χ2n) is 8.08. The predicted octanol–water partition coefficient (Wildman–Crippen LogP) is 4.07. The summed E-state index contributed by atoms with van der Waals surface area (Å²) in [5.74, 6) is 0.865. The van der Waals surface area contributed by atoms with Gasteiger partial charge in [-0.15, -0.1) is 11.3 Å². The van der Waals surface area contributed by atoms with Crippen molar-refractivity contribution in [3.63, 3.8) is 0 Å². The molecule has 0 saturated carbocycles. The molecule has 0 aliphatic carbocycles. The summed E-state index contributed by atoms with van der Waals surface area (Å²) in [4.78, 5) is 28.4. The summed E-state index contributed by atoms with van der Waals surface area (Å²) in [7, 11) is 0. The zero-order valence-corrected chi connectivity index (χ0v) is 19.1. The maximum absolute atomic E-state index is 13.1. The number of carbonyl (C=O) groups excluding carboxylic acids is 1. The molecule has 1 saturated heterocycles. The van der Waals surface area contributed by atoms with Gasteiger partial charge in [0.1, 0.15) is 23.0 Å². The summed E-state index contributed by atoms with van der Waals surface area (Å²) in [6, 6.07) is 6.09. The Hall–Kier alpha value is -2.67. The number of carbonyl (C=O) groups is 1. The standard InChI is InChI=1S/C23H29N5OS/c1-14-7-6-8-19(15(14)2)27-9-11-28(12-10-27)23(29)17(4)26-21-20-16(3)18(5)30-22(20)25-13-24-21/h6-8,13,17H,9-12H2,1-5H3,(H,24,25,26). The molecule has 0 bridgehead atoms. The largest absolute Gasteiger partial charge is 0.368 e. The predicted molar refractivity (Wildman–Crippen MR) is 125 cm³/mol. The fourth-order valence-corrected chi connectivity index (χ4v) is 5.08. The van der Waals surface area contributed by atoms with E-state index in [2.05, 4.69) is 66.1 Å². The minimum absolute atomic E-state index is 0.118. The second-order valence-corrected chi connectivity index (χ2v) is 9.29. The van der Waals surface area contributed by atoms with Crippen molar-refractivity contribution in [1.82, 2.24) is 14.9 Å². The number of rotatable bonds is 4. The lowest BCUT2D eigenvalue weighted by Gasteiger charge is -2.38. The van der Waals surface area contributed by atoms with Crippen LogP contribution in [0.15, 0.2) is 24.5 Å². The lowest BCUT2D eigenvalue weighted by molar-refractivity contribution is -0.131. The number of nitrogens with one attached hydrogen (secondary N) is 1. The lowest BCUT2D eigenvalue weighted by atomic mass is 10.1. The van der Waals surface area contributed by atoms with E-state index >= 15 is 0 Å². The first-order chi connectivity index (χ1) is 14.4. The van der Waals surface area contributed by atoms with Crippen molar-refractivity contribution in [3.05, 3.63) is 46.1 Å². The van der Waals surface area contributed by atoms with E-state index in [4.69, 9.17) is 0 Å². The zero-order chi connectivity index (χ0) is 21.4. The molecule has 1 aliphatic rings. The fraction of sp³-hybridized carbons (Fsp3) is 0.435. The number of benzene rings is 1. The molecule has 0 spiro atoms. The van der Waals surface area contributed by atoms with Crippen molar-refractivity contribution >= 4 is 39.0 Å². The Labute approximate surface area is 181 Å². The van der Waals surface area contributed by atoms with Crippen molar-refractivity contribution in [2.75, 3.05) is 36.4 Å². The summed E-state index contributed by atoms with van der Waals surface area (Å²) >= 11 is 1.66. The fourth-order valence-electron chi connectivity index (χ4n) is 4.08. The minimum Gasteiger partial charge on any atom is -0.368 e. The summed E-state index contributed by atoms with van der Waals surface area (Å²) in [5.41, 5.74) is 5.08. The molecule has 7 heteroatoms. The van der Waals surface area contributed by atoms with Gasteiger partial charge in [-0.1, -0.05) is 12.1 Å². The third kappa shape index (κ3) is 3.74. The number of hydrogen-bond acceptors (Lipinski definition) is 6. The zero-order valence-electron chi connectivity index (χ0n) is 18.3. The smallest absolute Gasteiger partial charge is 0.244 e. The van der Waals surface area contributed by atoms with Gasteiger partial charge < -0.3 is 15.1 Å². The first-order valence-corrected chi connectivity index (χ1v) is 11.3. The van der Waals surface area contributed by atoms with E-state index in [1.54, 1.807) is 17.7 Å². The van der Waals surface area contributed by atoms with E-state index in [0.29, 0.717) is 0 Å². The highest BCUT2D eigenvalue weighted by Gasteiger charge is 2.26. The van der Waals surface area contributed by atoms with Gasteiger partial charge in [0.05, 0.1) is 5.39 Å². The highest BCUT2D eigenvalue weighted by molar-refractivity contribution is 7.18. The van der Waals surface area contributed by atoms with Gasteiger partial charge >= 0.3 is 0 Å². The van der Waals surface area contributed by atoms with Gasteiger partial charge in [-0.05, 0) is 57.4 Å². The van der Waals surface area contributed by atoms with Gasteiger partial charge in [-0.2, -0.15) is 0 Å². The van der Waals surface area contributed by atoms with Crippen molar-refractivity contribution in [3.8, 4) is 0 Å². The Kier molecular flexibility index (Phi) is 5.64. The first kappa shape index (κ1) is 20.6. The van der Waals surface area contributed by atoms with E-state index in [9.17, 15) is 4.79 Å². The molecule has 0 radical (unpaired) electrons. The molecule has 3 aromatic rings. The summed E-state index contributed by atoms with van der Waals surface area (Å²) in [5, 5.41) is 4.37. The van der Waals surface area contributed by atoms with Crippen LogP contribution in [0.5, 0.6) is 0 Å². The highest BCUT2D eigenvalue weighted by Crippen LogP contribution is 2.32. The molecule has 1 aromatic carbocycles. The number of thiophene rings is 1. The third-order valence-corrected chi connectivity index (χ3v) is 7.31. The summed E-state index contributed by atoms with van der Waals surface area (Å²) in [6.07, 6.45) is 1.57. The van der Waals surface area contributed by atoms with Crippen LogP contribution < -0.4 is 10.2 Å². The Morgan fingerprint density at radius 2 is 1.80 bits per heavy atom. The number of anilines is 2. The minimum atomic E-state index is -0.338. The van der Waals surface area contributed by atoms with E-state index in [-0.39, 0.29) is 11.9 Å². The van der Waals surface area contributed by atoms with Gasteiger partial charge in [-0.25, -0.2) is 9.97 Å². The van der Waals surface area contributed by atoms with E-state index < -0.39 is 0 Å². The van der Waals surface area contributed by atoms with Crippen molar-refractivity contribution in [2.24, 2.45) is 0 Å². The van der Waals surface area contributed by atoms with Crippen LogP contribution in [-0.4, -0.2) is 53.0 Å². The highest BCUT2D eigenvalue weighted by atomic mass is 32.1. The monoisotopic (exact) mass is 423 g/mol. The average molecular weight is 424 g/mol. The van der Waals surface area contributed by atoms with Crippen molar-refractivity contribution < 1.29 is 4.79 Å². The molecule has 158 valence electrons. The molecular weight excluding hydrogens is 394 g/mol. The number of hydrogen-bond donors (Lipinski definition) is 1. The van der Waals surface area contributed by atoms with Crippen molar-refractivity contribution in [1.29, 1.82) is 0 Å². The Morgan fingerprint density at radius 1 is 1.07 bits per heavy atom. The SMILES string of the molecule is Cc1cccc(N2CCN(C(=O)C(C)Nc3ncnc4sc(C)c(C)c34)CC2)c1C. The van der Waals surface area contributed by atoms with Crippen LogP contribution in [0.4, 0.5) is 11.5 Å². The Bertz CT molecular complexity index is 1080.